The summed E-state index contributed by atoms with van der Waals surface area (Å²) in [7, 11) is 0. The number of aromatic nitrogens is 1. The first-order valence-electron chi connectivity index (χ1n) is 9.87. The standard InChI is InChI=1S/C22H31NO3/c1-6-22(10-8-9-11-22)25-16(4)18-12-19(14-20(13-18)24-7-2)21-15(3)23-26-17(21)5/h12-14,16H,6-11H2,1-5H3. The number of hydrogen-bond donors (Lipinski definition) is 0. The minimum atomic E-state index is 0.0210. The molecule has 0 radical (unpaired) electrons. The van der Waals surface area contributed by atoms with Gasteiger partial charge in [-0.05, 0) is 76.3 Å². The van der Waals surface area contributed by atoms with E-state index in [1.807, 2.05) is 20.8 Å². The summed E-state index contributed by atoms with van der Waals surface area (Å²) in [5.74, 6) is 1.70. The van der Waals surface area contributed by atoms with Crippen molar-refractivity contribution in [3.8, 4) is 16.9 Å². The SMILES string of the molecule is CCOc1cc(-c2c(C)noc2C)cc(C(C)OC2(CC)CCCC2)c1. The van der Waals surface area contributed by atoms with Gasteiger partial charge >= 0.3 is 0 Å². The van der Waals surface area contributed by atoms with Gasteiger partial charge in [-0.3, -0.25) is 0 Å². The molecule has 1 aromatic carbocycles. The van der Waals surface area contributed by atoms with Gasteiger partial charge in [0.1, 0.15) is 11.5 Å². The average Bonchev–Trinajstić information content (AvgIpc) is 3.22. The highest BCUT2D eigenvalue weighted by molar-refractivity contribution is 5.70. The van der Waals surface area contributed by atoms with Gasteiger partial charge in [0.05, 0.1) is 24.0 Å². The number of rotatable bonds is 7. The average molecular weight is 357 g/mol. The van der Waals surface area contributed by atoms with Gasteiger partial charge in [0.15, 0.2) is 0 Å². The summed E-state index contributed by atoms with van der Waals surface area (Å²) in [5.41, 5.74) is 4.20. The first kappa shape index (κ1) is 19.0. The molecule has 142 valence electrons. The van der Waals surface area contributed by atoms with E-state index in [0.717, 1.165) is 53.2 Å². The second-order valence-electron chi connectivity index (χ2n) is 7.43. The Labute approximate surface area is 156 Å². The topological polar surface area (TPSA) is 44.5 Å². The number of benzene rings is 1. The molecule has 0 bridgehead atoms. The van der Waals surface area contributed by atoms with Crippen LogP contribution in [0.5, 0.6) is 5.75 Å². The Morgan fingerprint density at radius 1 is 1.15 bits per heavy atom. The van der Waals surface area contributed by atoms with Crippen LogP contribution in [-0.2, 0) is 4.74 Å². The van der Waals surface area contributed by atoms with Crippen LogP contribution in [0.2, 0.25) is 0 Å². The van der Waals surface area contributed by atoms with Crippen LogP contribution in [0.3, 0.4) is 0 Å². The zero-order valence-electron chi connectivity index (χ0n) is 16.7. The van der Waals surface area contributed by atoms with Gasteiger partial charge in [0.2, 0.25) is 0 Å². The molecule has 4 nitrogen and oxygen atoms in total. The van der Waals surface area contributed by atoms with Crippen molar-refractivity contribution >= 4 is 0 Å². The number of aryl methyl sites for hydroxylation is 2. The molecule has 1 unspecified atom stereocenters. The highest BCUT2D eigenvalue weighted by Crippen LogP contribution is 2.41. The number of hydrogen-bond acceptors (Lipinski definition) is 4. The first-order chi connectivity index (χ1) is 12.5. The molecule has 3 rings (SSSR count). The van der Waals surface area contributed by atoms with Crippen LogP contribution in [0.15, 0.2) is 22.7 Å². The minimum absolute atomic E-state index is 0.0210. The first-order valence-corrected chi connectivity index (χ1v) is 9.87. The van der Waals surface area contributed by atoms with Crippen molar-refractivity contribution < 1.29 is 14.0 Å². The summed E-state index contributed by atoms with van der Waals surface area (Å²) in [6.45, 7) is 11.0. The number of nitrogens with zero attached hydrogens (tertiary/aromatic N) is 1. The van der Waals surface area contributed by atoms with Crippen LogP contribution >= 0.6 is 0 Å². The van der Waals surface area contributed by atoms with Crippen LogP contribution in [0.25, 0.3) is 11.1 Å². The molecule has 0 N–H and O–H groups in total. The molecule has 0 aliphatic heterocycles. The van der Waals surface area contributed by atoms with E-state index in [1.54, 1.807) is 0 Å². The second kappa shape index (κ2) is 7.83. The van der Waals surface area contributed by atoms with Crippen molar-refractivity contribution in [3.63, 3.8) is 0 Å². The lowest BCUT2D eigenvalue weighted by Gasteiger charge is -2.32. The quantitative estimate of drug-likeness (QED) is 0.595. The van der Waals surface area contributed by atoms with Gasteiger partial charge in [-0.25, -0.2) is 0 Å². The molecule has 4 heteroatoms. The maximum atomic E-state index is 6.61. The van der Waals surface area contributed by atoms with E-state index in [4.69, 9.17) is 14.0 Å². The summed E-state index contributed by atoms with van der Waals surface area (Å²) in [5, 5.41) is 4.10. The van der Waals surface area contributed by atoms with Crippen molar-refractivity contribution in [1.29, 1.82) is 0 Å². The Kier molecular flexibility index (Phi) is 5.71. The lowest BCUT2D eigenvalue weighted by atomic mass is 9.96. The molecular formula is C22H31NO3. The molecule has 26 heavy (non-hydrogen) atoms. The van der Waals surface area contributed by atoms with E-state index < -0.39 is 0 Å². The van der Waals surface area contributed by atoms with Crippen LogP contribution < -0.4 is 4.74 Å². The van der Waals surface area contributed by atoms with E-state index >= 15 is 0 Å². The Bertz CT molecular complexity index is 724. The van der Waals surface area contributed by atoms with E-state index in [-0.39, 0.29) is 11.7 Å². The van der Waals surface area contributed by atoms with Crippen molar-refractivity contribution in [2.45, 2.75) is 78.4 Å². The Hall–Kier alpha value is -1.81. The fourth-order valence-corrected chi connectivity index (χ4v) is 4.16. The fourth-order valence-electron chi connectivity index (χ4n) is 4.16. The van der Waals surface area contributed by atoms with Gasteiger partial charge in [0.25, 0.3) is 0 Å². The van der Waals surface area contributed by atoms with Gasteiger partial charge in [0, 0.05) is 5.56 Å². The number of ether oxygens (including phenoxy) is 2. The molecule has 1 saturated carbocycles. The van der Waals surface area contributed by atoms with Crippen molar-refractivity contribution in [2.75, 3.05) is 6.61 Å². The van der Waals surface area contributed by atoms with Crippen LogP contribution in [-0.4, -0.2) is 17.4 Å². The monoisotopic (exact) mass is 357 g/mol. The van der Waals surface area contributed by atoms with Crippen molar-refractivity contribution in [2.24, 2.45) is 0 Å². The maximum Gasteiger partial charge on any atom is 0.141 e. The maximum absolute atomic E-state index is 6.61. The van der Waals surface area contributed by atoms with E-state index in [2.05, 4.69) is 37.2 Å². The van der Waals surface area contributed by atoms with Crippen LogP contribution in [0.1, 0.15) is 76.0 Å². The molecule has 1 heterocycles. The molecule has 1 fully saturated rings. The Morgan fingerprint density at radius 3 is 2.46 bits per heavy atom. The molecular weight excluding hydrogens is 326 g/mol. The highest BCUT2D eigenvalue weighted by Gasteiger charge is 2.35. The zero-order valence-corrected chi connectivity index (χ0v) is 16.7. The summed E-state index contributed by atoms with van der Waals surface area (Å²) in [6.07, 6.45) is 5.95. The lowest BCUT2D eigenvalue weighted by Crippen LogP contribution is -2.29. The van der Waals surface area contributed by atoms with Gasteiger partial charge in [-0.15, -0.1) is 0 Å². The molecule has 1 aromatic heterocycles. The smallest absolute Gasteiger partial charge is 0.141 e. The molecule has 2 aromatic rings. The van der Waals surface area contributed by atoms with Gasteiger partial charge in [-0.1, -0.05) is 24.9 Å². The van der Waals surface area contributed by atoms with E-state index in [0.29, 0.717) is 6.61 Å². The van der Waals surface area contributed by atoms with Crippen molar-refractivity contribution in [3.05, 3.63) is 35.2 Å². The fraction of sp³-hybridized carbons (Fsp3) is 0.591. The summed E-state index contributed by atoms with van der Waals surface area (Å²) in [6, 6.07) is 6.36. The Morgan fingerprint density at radius 2 is 1.88 bits per heavy atom. The minimum Gasteiger partial charge on any atom is -0.494 e. The third-order valence-electron chi connectivity index (χ3n) is 5.62. The Balaban J connectivity index is 1.95. The largest absolute Gasteiger partial charge is 0.494 e. The van der Waals surface area contributed by atoms with E-state index in [1.165, 1.54) is 12.8 Å². The van der Waals surface area contributed by atoms with E-state index in [9.17, 15) is 0 Å². The normalized spacial score (nSPS) is 17.4. The summed E-state index contributed by atoms with van der Waals surface area (Å²) < 4.78 is 17.8. The molecule has 0 saturated heterocycles. The predicted molar refractivity (Wildman–Crippen MR) is 104 cm³/mol. The highest BCUT2D eigenvalue weighted by atomic mass is 16.5. The summed E-state index contributed by atoms with van der Waals surface area (Å²) >= 11 is 0. The third kappa shape index (κ3) is 3.80. The second-order valence-corrected chi connectivity index (χ2v) is 7.43. The molecule has 0 amide bonds. The zero-order chi connectivity index (χ0) is 18.7. The van der Waals surface area contributed by atoms with Gasteiger partial charge in [-0.2, -0.15) is 0 Å². The predicted octanol–water partition coefficient (Wildman–Crippen LogP) is 6.16. The summed E-state index contributed by atoms with van der Waals surface area (Å²) in [4.78, 5) is 0. The molecule has 1 aliphatic carbocycles. The van der Waals surface area contributed by atoms with Crippen molar-refractivity contribution in [1.82, 2.24) is 5.16 Å². The molecule has 0 spiro atoms. The third-order valence-corrected chi connectivity index (χ3v) is 5.62. The van der Waals surface area contributed by atoms with Gasteiger partial charge < -0.3 is 14.0 Å². The lowest BCUT2D eigenvalue weighted by molar-refractivity contribution is -0.0873. The van der Waals surface area contributed by atoms with Crippen LogP contribution in [0.4, 0.5) is 0 Å². The molecule has 1 aliphatic rings. The molecule has 1 atom stereocenters. The van der Waals surface area contributed by atoms with Crippen LogP contribution in [0, 0.1) is 13.8 Å².